The van der Waals surface area contributed by atoms with Gasteiger partial charge in [0.1, 0.15) is 0 Å². The first-order valence-corrected chi connectivity index (χ1v) is 11.0. The van der Waals surface area contributed by atoms with Gasteiger partial charge in [0.15, 0.2) is 11.0 Å². The van der Waals surface area contributed by atoms with Crippen LogP contribution < -0.4 is 10.6 Å². The molecule has 0 aliphatic carbocycles. The monoisotopic (exact) mass is 484 g/mol. The molecule has 0 aliphatic rings. The Balaban J connectivity index is 1.58. The number of anilines is 1. The molecule has 0 spiro atoms. The van der Waals surface area contributed by atoms with Crippen LogP contribution in [0.5, 0.6) is 0 Å². The molecule has 0 saturated carbocycles. The number of carboxylic acids is 1. The van der Waals surface area contributed by atoms with Gasteiger partial charge in [0.05, 0.1) is 22.8 Å². The molecule has 0 bridgehead atoms. The van der Waals surface area contributed by atoms with Gasteiger partial charge in [-0.15, -0.1) is 10.2 Å². The van der Waals surface area contributed by atoms with Crippen molar-refractivity contribution < 1.29 is 24.4 Å². The number of nitro groups is 1. The Labute approximate surface area is 197 Å². The van der Waals surface area contributed by atoms with Crippen molar-refractivity contribution in [3.63, 3.8) is 0 Å². The van der Waals surface area contributed by atoms with Gasteiger partial charge in [-0.25, -0.2) is 4.79 Å². The molecule has 3 aromatic rings. The number of nitrogens with zero attached hydrogens (tertiary/aromatic N) is 4. The van der Waals surface area contributed by atoms with Gasteiger partial charge in [-0.2, -0.15) is 0 Å². The third kappa shape index (κ3) is 6.16. The van der Waals surface area contributed by atoms with Crippen molar-refractivity contribution in [1.29, 1.82) is 0 Å². The number of benzene rings is 2. The summed E-state index contributed by atoms with van der Waals surface area (Å²) >= 11 is 1.14. The molecule has 2 amide bonds. The number of carboxylic acid groups (broad SMARTS) is 1. The van der Waals surface area contributed by atoms with Crippen LogP contribution >= 0.6 is 11.8 Å². The number of nitrogens with one attached hydrogen (secondary N) is 2. The van der Waals surface area contributed by atoms with Crippen molar-refractivity contribution in [3.8, 4) is 0 Å². The molecule has 13 heteroatoms. The molecule has 3 N–H and O–H groups in total. The molecule has 0 radical (unpaired) electrons. The quantitative estimate of drug-likeness (QED) is 0.222. The van der Waals surface area contributed by atoms with E-state index in [0.29, 0.717) is 23.2 Å². The average molecular weight is 484 g/mol. The van der Waals surface area contributed by atoms with E-state index in [0.717, 1.165) is 11.8 Å². The van der Waals surface area contributed by atoms with Crippen LogP contribution in [-0.2, 0) is 17.9 Å². The second-order valence-electron chi connectivity index (χ2n) is 6.86. The standard InChI is InChI=1S/C21H20N6O6S/c1-2-26-17(11-22-19(29)13-5-4-8-16(10-13)27(32)33)24-25-21(26)34-12-18(28)23-15-7-3-6-14(9-15)20(30)31/h3-10H,2,11-12H2,1H3,(H,22,29)(H,23,28)(H,30,31). The number of rotatable bonds is 10. The zero-order valence-electron chi connectivity index (χ0n) is 17.9. The Bertz CT molecular complexity index is 1240. The molecule has 0 saturated heterocycles. The van der Waals surface area contributed by atoms with Gasteiger partial charge >= 0.3 is 5.97 Å². The van der Waals surface area contributed by atoms with Gasteiger partial charge in [-0.1, -0.05) is 23.9 Å². The van der Waals surface area contributed by atoms with Crippen LogP contribution in [0, 0.1) is 10.1 Å². The van der Waals surface area contributed by atoms with Crippen LogP contribution in [0.4, 0.5) is 11.4 Å². The molecule has 12 nitrogen and oxygen atoms in total. The maximum atomic E-state index is 12.4. The topological polar surface area (TPSA) is 169 Å². The molecular formula is C21H20N6O6S. The Morgan fingerprint density at radius 1 is 1.12 bits per heavy atom. The Morgan fingerprint density at radius 2 is 1.85 bits per heavy atom. The fourth-order valence-electron chi connectivity index (χ4n) is 2.95. The average Bonchev–Trinajstić information content (AvgIpc) is 3.23. The van der Waals surface area contributed by atoms with Gasteiger partial charge < -0.3 is 20.3 Å². The normalized spacial score (nSPS) is 10.5. The number of carbonyl (C=O) groups is 3. The third-order valence-electron chi connectivity index (χ3n) is 4.56. The zero-order chi connectivity index (χ0) is 24.7. The Kier molecular flexibility index (Phi) is 7.92. The lowest BCUT2D eigenvalue weighted by Gasteiger charge is -2.09. The summed E-state index contributed by atoms with van der Waals surface area (Å²) in [5, 5.41) is 33.8. The Hall–Kier alpha value is -4.26. The lowest BCUT2D eigenvalue weighted by atomic mass is 10.2. The molecule has 34 heavy (non-hydrogen) atoms. The minimum atomic E-state index is -1.09. The van der Waals surface area contributed by atoms with Crippen molar-refractivity contribution in [2.24, 2.45) is 0 Å². The van der Waals surface area contributed by atoms with Gasteiger partial charge in [0, 0.05) is 29.9 Å². The van der Waals surface area contributed by atoms with Gasteiger partial charge in [0.25, 0.3) is 11.6 Å². The summed E-state index contributed by atoms with van der Waals surface area (Å²) < 4.78 is 1.73. The summed E-state index contributed by atoms with van der Waals surface area (Å²) in [5.74, 6) is -1.47. The van der Waals surface area contributed by atoms with Gasteiger partial charge in [-0.3, -0.25) is 19.7 Å². The summed E-state index contributed by atoms with van der Waals surface area (Å²) in [6.07, 6.45) is 0. The van der Waals surface area contributed by atoms with Gasteiger partial charge in [0.2, 0.25) is 5.91 Å². The Morgan fingerprint density at radius 3 is 2.56 bits per heavy atom. The smallest absolute Gasteiger partial charge is 0.335 e. The van der Waals surface area contributed by atoms with Crippen LogP contribution in [-0.4, -0.2) is 48.3 Å². The van der Waals surface area contributed by atoms with E-state index in [1.165, 1.54) is 42.5 Å². The lowest BCUT2D eigenvalue weighted by molar-refractivity contribution is -0.384. The van der Waals surface area contributed by atoms with Crippen LogP contribution in [0.3, 0.4) is 0 Å². The summed E-state index contributed by atoms with van der Waals surface area (Å²) in [5.41, 5.74) is 0.394. The fraction of sp³-hybridized carbons (Fsp3) is 0.190. The predicted molar refractivity (Wildman–Crippen MR) is 123 cm³/mol. The second kappa shape index (κ2) is 11.0. The largest absolute Gasteiger partial charge is 0.478 e. The predicted octanol–water partition coefficient (Wildman–Crippen LogP) is 2.57. The number of aromatic nitrogens is 3. The summed E-state index contributed by atoms with van der Waals surface area (Å²) in [4.78, 5) is 46.0. The van der Waals surface area contributed by atoms with Crippen LogP contribution in [0.1, 0.15) is 33.5 Å². The fourth-order valence-corrected chi connectivity index (χ4v) is 3.77. The van der Waals surface area contributed by atoms with E-state index in [4.69, 9.17) is 5.11 Å². The minimum Gasteiger partial charge on any atom is -0.478 e. The summed E-state index contributed by atoms with van der Waals surface area (Å²) in [6.45, 7) is 2.38. The van der Waals surface area contributed by atoms with Crippen molar-refractivity contribution in [2.45, 2.75) is 25.2 Å². The molecule has 3 rings (SSSR count). The van der Waals surface area contributed by atoms with E-state index in [2.05, 4.69) is 20.8 Å². The van der Waals surface area contributed by atoms with E-state index >= 15 is 0 Å². The van der Waals surface area contributed by atoms with Crippen molar-refractivity contribution in [2.75, 3.05) is 11.1 Å². The highest BCUT2D eigenvalue weighted by molar-refractivity contribution is 7.99. The molecule has 1 heterocycles. The lowest BCUT2D eigenvalue weighted by Crippen LogP contribution is -2.25. The number of nitro benzene ring substituents is 1. The van der Waals surface area contributed by atoms with Gasteiger partial charge in [-0.05, 0) is 31.2 Å². The highest BCUT2D eigenvalue weighted by Crippen LogP contribution is 2.19. The van der Waals surface area contributed by atoms with Crippen molar-refractivity contribution in [3.05, 3.63) is 75.6 Å². The molecule has 0 atom stereocenters. The first kappa shape index (κ1) is 24.4. The number of amides is 2. The summed E-state index contributed by atoms with van der Waals surface area (Å²) in [6, 6.07) is 11.3. The van der Waals surface area contributed by atoms with E-state index in [1.54, 1.807) is 10.6 Å². The molecule has 2 aromatic carbocycles. The first-order valence-electron chi connectivity index (χ1n) is 9.99. The molecular weight excluding hydrogens is 464 g/mol. The van der Waals surface area contributed by atoms with Crippen LogP contribution in [0.25, 0.3) is 0 Å². The van der Waals surface area contributed by atoms with Crippen LogP contribution in [0.15, 0.2) is 53.7 Å². The summed E-state index contributed by atoms with van der Waals surface area (Å²) in [7, 11) is 0. The van der Waals surface area contributed by atoms with Crippen molar-refractivity contribution in [1.82, 2.24) is 20.1 Å². The molecule has 176 valence electrons. The molecule has 1 aromatic heterocycles. The number of carbonyl (C=O) groups excluding carboxylic acids is 2. The van der Waals surface area contributed by atoms with E-state index in [9.17, 15) is 24.5 Å². The maximum Gasteiger partial charge on any atom is 0.335 e. The van der Waals surface area contributed by atoms with E-state index in [-0.39, 0.29) is 35.0 Å². The number of hydrogen-bond acceptors (Lipinski definition) is 8. The zero-order valence-corrected chi connectivity index (χ0v) is 18.7. The first-order chi connectivity index (χ1) is 16.3. The maximum absolute atomic E-state index is 12.4. The number of non-ortho nitro benzene ring substituents is 1. The van der Waals surface area contributed by atoms with E-state index < -0.39 is 16.8 Å². The number of thioether (sulfide) groups is 1. The van der Waals surface area contributed by atoms with E-state index in [1.807, 2.05) is 6.92 Å². The number of aromatic carboxylic acids is 1. The molecule has 0 aliphatic heterocycles. The second-order valence-corrected chi connectivity index (χ2v) is 7.80. The van der Waals surface area contributed by atoms with Crippen molar-refractivity contribution >= 4 is 40.9 Å². The highest BCUT2D eigenvalue weighted by Gasteiger charge is 2.16. The highest BCUT2D eigenvalue weighted by atomic mass is 32.2. The molecule has 0 unspecified atom stereocenters. The SMILES string of the molecule is CCn1c(CNC(=O)c2cccc([N+](=O)[O-])c2)nnc1SCC(=O)Nc1cccc(C(=O)O)c1. The molecule has 0 fully saturated rings. The minimum absolute atomic E-state index is 0.00940. The number of hydrogen-bond donors (Lipinski definition) is 3. The van der Waals surface area contributed by atoms with Crippen LogP contribution in [0.2, 0.25) is 0 Å². The third-order valence-corrected chi connectivity index (χ3v) is 5.53.